The molecule has 2 aliphatic heterocycles. The highest BCUT2D eigenvalue weighted by Gasteiger charge is 2.56. The van der Waals surface area contributed by atoms with E-state index in [2.05, 4.69) is 29.1 Å². The molecule has 2 saturated heterocycles. The van der Waals surface area contributed by atoms with E-state index in [0.717, 1.165) is 25.1 Å². The molecule has 2 aliphatic rings. The van der Waals surface area contributed by atoms with Crippen molar-refractivity contribution in [1.82, 2.24) is 25.1 Å². The van der Waals surface area contributed by atoms with Gasteiger partial charge < -0.3 is 10.2 Å². The van der Waals surface area contributed by atoms with Gasteiger partial charge in [-0.05, 0) is 38.3 Å². The Morgan fingerprint density at radius 2 is 1.88 bits per heavy atom. The van der Waals surface area contributed by atoms with Gasteiger partial charge in [0, 0.05) is 24.5 Å². The largest absolute Gasteiger partial charge is 0.327 e. The van der Waals surface area contributed by atoms with E-state index in [1.807, 2.05) is 4.90 Å². The van der Waals surface area contributed by atoms with Crippen molar-refractivity contribution in [2.75, 3.05) is 19.6 Å². The first-order valence-corrected chi connectivity index (χ1v) is 8.63. The highest BCUT2D eigenvalue weighted by atomic mass is 16.2. The molecule has 7 heteroatoms. The third kappa shape index (κ3) is 3.00. The Hall–Kier alpha value is -2.02. The smallest absolute Gasteiger partial charge is 0.317 e. The second kappa shape index (κ2) is 6.84. The molecule has 0 saturated carbocycles. The molecule has 24 heavy (non-hydrogen) atoms. The van der Waals surface area contributed by atoms with E-state index < -0.39 is 5.54 Å². The van der Waals surface area contributed by atoms with E-state index in [0.29, 0.717) is 25.3 Å². The van der Waals surface area contributed by atoms with Crippen molar-refractivity contribution in [2.24, 2.45) is 5.92 Å². The standard InChI is InChI=1S/C17H25N5O2/c1-13(2)3-8-22-16(24)21(11-14-9-19-12-20-10-14)15(23)17(22)4-6-18-7-5-17/h9-10,12-13,18H,3-8,11H2,1-2H3. The van der Waals surface area contributed by atoms with Gasteiger partial charge in [-0.3, -0.25) is 9.69 Å². The van der Waals surface area contributed by atoms with Crippen molar-refractivity contribution in [1.29, 1.82) is 0 Å². The summed E-state index contributed by atoms with van der Waals surface area (Å²) in [6.45, 7) is 6.67. The molecule has 3 rings (SSSR count). The molecular weight excluding hydrogens is 306 g/mol. The predicted octanol–water partition coefficient (Wildman–Crippen LogP) is 1.41. The van der Waals surface area contributed by atoms with Crippen molar-refractivity contribution >= 4 is 11.9 Å². The van der Waals surface area contributed by atoms with Gasteiger partial charge >= 0.3 is 6.03 Å². The second-order valence-electron chi connectivity index (χ2n) is 7.04. The van der Waals surface area contributed by atoms with Crippen molar-refractivity contribution in [2.45, 2.75) is 45.2 Å². The van der Waals surface area contributed by atoms with Crippen LogP contribution in [0.3, 0.4) is 0 Å². The molecule has 130 valence electrons. The number of aromatic nitrogens is 2. The lowest BCUT2D eigenvalue weighted by molar-refractivity contribution is -0.135. The number of nitrogens with zero attached hydrogens (tertiary/aromatic N) is 4. The van der Waals surface area contributed by atoms with Gasteiger partial charge in [0.15, 0.2) is 0 Å². The van der Waals surface area contributed by atoms with Gasteiger partial charge in [-0.2, -0.15) is 0 Å². The highest BCUT2D eigenvalue weighted by molar-refractivity contribution is 6.07. The Morgan fingerprint density at radius 3 is 2.50 bits per heavy atom. The van der Waals surface area contributed by atoms with Gasteiger partial charge in [0.1, 0.15) is 11.9 Å². The number of urea groups is 1. The molecule has 0 radical (unpaired) electrons. The van der Waals surface area contributed by atoms with Gasteiger partial charge in [0.05, 0.1) is 6.54 Å². The fourth-order valence-electron chi connectivity index (χ4n) is 3.54. The lowest BCUT2D eigenvalue weighted by Gasteiger charge is -2.38. The van der Waals surface area contributed by atoms with Gasteiger partial charge in [0.2, 0.25) is 0 Å². The van der Waals surface area contributed by atoms with Crippen LogP contribution >= 0.6 is 0 Å². The minimum absolute atomic E-state index is 0.0680. The summed E-state index contributed by atoms with van der Waals surface area (Å²) in [6.07, 6.45) is 7.00. The maximum atomic E-state index is 13.1. The number of amides is 3. The van der Waals surface area contributed by atoms with E-state index in [1.54, 1.807) is 12.4 Å². The van der Waals surface area contributed by atoms with E-state index >= 15 is 0 Å². The van der Waals surface area contributed by atoms with Gasteiger partial charge in [-0.15, -0.1) is 0 Å². The zero-order chi connectivity index (χ0) is 17.2. The Balaban J connectivity index is 1.86. The summed E-state index contributed by atoms with van der Waals surface area (Å²) in [7, 11) is 0. The van der Waals surface area contributed by atoms with E-state index in [9.17, 15) is 9.59 Å². The number of imide groups is 1. The van der Waals surface area contributed by atoms with Crippen LogP contribution in [-0.4, -0.2) is 56.9 Å². The van der Waals surface area contributed by atoms with Crippen LogP contribution in [0.4, 0.5) is 4.79 Å². The van der Waals surface area contributed by atoms with Gasteiger partial charge in [0.25, 0.3) is 5.91 Å². The molecular formula is C17H25N5O2. The normalized spacial score (nSPS) is 20.5. The summed E-state index contributed by atoms with van der Waals surface area (Å²) < 4.78 is 0. The van der Waals surface area contributed by atoms with Crippen LogP contribution in [0.2, 0.25) is 0 Å². The summed E-state index contributed by atoms with van der Waals surface area (Å²) in [5, 5.41) is 3.29. The van der Waals surface area contributed by atoms with Crippen LogP contribution in [-0.2, 0) is 11.3 Å². The molecule has 0 aliphatic carbocycles. The zero-order valence-electron chi connectivity index (χ0n) is 14.4. The minimum Gasteiger partial charge on any atom is -0.317 e. The number of carbonyl (C=O) groups excluding carboxylic acids is 2. The molecule has 0 atom stereocenters. The average Bonchev–Trinajstić information content (AvgIpc) is 2.76. The van der Waals surface area contributed by atoms with E-state index in [-0.39, 0.29) is 18.5 Å². The molecule has 1 N–H and O–H groups in total. The lowest BCUT2D eigenvalue weighted by atomic mass is 9.86. The lowest BCUT2D eigenvalue weighted by Crippen LogP contribution is -2.56. The van der Waals surface area contributed by atoms with E-state index in [1.165, 1.54) is 11.2 Å². The molecule has 0 aromatic carbocycles. The SMILES string of the molecule is CC(C)CCN1C(=O)N(Cc2cncnc2)C(=O)C12CCNCC2. The molecule has 3 amide bonds. The van der Waals surface area contributed by atoms with Gasteiger partial charge in [-0.1, -0.05) is 13.8 Å². The fraction of sp³-hybridized carbons (Fsp3) is 0.647. The molecule has 0 bridgehead atoms. The zero-order valence-corrected chi connectivity index (χ0v) is 14.4. The Bertz CT molecular complexity index is 598. The Labute approximate surface area is 142 Å². The predicted molar refractivity (Wildman–Crippen MR) is 89.0 cm³/mol. The van der Waals surface area contributed by atoms with Gasteiger partial charge in [-0.25, -0.2) is 14.8 Å². The van der Waals surface area contributed by atoms with Crippen molar-refractivity contribution in [3.05, 3.63) is 24.3 Å². The first-order chi connectivity index (χ1) is 11.5. The van der Waals surface area contributed by atoms with E-state index in [4.69, 9.17) is 0 Å². The van der Waals surface area contributed by atoms with Crippen LogP contribution in [0.15, 0.2) is 18.7 Å². The number of carbonyl (C=O) groups is 2. The molecule has 7 nitrogen and oxygen atoms in total. The van der Waals surface area contributed by atoms with Crippen molar-refractivity contribution in [3.63, 3.8) is 0 Å². The quantitative estimate of drug-likeness (QED) is 0.825. The molecule has 3 heterocycles. The second-order valence-corrected chi connectivity index (χ2v) is 7.04. The Morgan fingerprint density at radius 1 is 1.21 bits per heavy atom. The van der Waals surface area contributed by atoms with Crippen LogP contribution < -0.4 is 5.32 Å². The number of rotatable bonds is 5. The number of nitrogens with one attached hydrogen (secondary N) is 1. The maximum Gasteiger partial charge on any atom is 0.327 e. The monoisotopic (exact) mass is 331 g/mol. The fourth-order valence-corrected chi connectivity index (χ4v) is 3.54. The average molecular weight is 331 g/mol. The van der Waals surface area contributed by atoms with Crippen LogP contribution in [0.25, 0.3) is 0 Å². The Kier molecular flexibility index (Phi) is 4.80. The molecule has 1 aromatic heterocycles. The van der Waals surface area contributed by atoms with Crippen LogP contribution in [0.5, 0.6) is 0 Å². The number of hydrogen-bond acceptors (Lipinski definition) is 5. The van der Waals surface area contributed by atoms with Crippen LogP contribution in [0.1, 0.15) is 38.7 Å². The first-order valence-electron chi connectivity index (χ1n) is 8.63. The topological polar surface area (TPSA) is 78.4 Å². The number of piperidine rings is 1. The highest BCUT2D eigenvalue weighted by Crippen LogP contribution is 2.36. The molecule has 1 spiro atoms. The first kappa shape index (κ1) is 16.8. The number of hydrogen-bond donors (Lipinski definition) is 1. The third-order valence-electron chi connectivity index (χ3n) is 4.94. The summed E-state index contributed by atoms with van der Waals surface area (Å²) in [6, 6.07) is -0.175. The maximum absolute atomic E-state index is 13.1. The molecule has 0 unspecified atom stereocenters. The summed E-state index contributed by atoms with van der Waals surface area (Å²) in [5.74, 6) is 0.421. The van der Waals surface area contributed by atoms with Crippen molar-refractivity contribution < 1.29 is 9.59 Å². The van der Waals surface area contributed by atoms with Crippen molar-refractivity contribution in [3.8, 4) is 0 Å². The summed E-state index contributed by atoms with van der Waals surface area (Å²) in [4.78, 5) is 37.3. The van der Waals surface area contributed by atoms with Crippen LogP contribution in [0, 0.1) is 5.92 Å². The summed E-state index contributed by atoms with van der Waals surface area (Å²) in [5.41, 5.74) is 0.0985. The third-order valence-corrected chi connectivity index (χ3v) is 4.94. The summed E-state index contributed by atoms with van der Waals surface area (Å²) >= 11 is 0. The molecule has 2 fully saturated rings. The molecule has 1 aromatic rings. The minimum atomic E-state index is -0.674.